The second-order valence-corrected chi connectivity index (χ2v) is 3.84. The SMILES string of the molecule is CCOC(=O)C(N)c1ccc2ccccc2c1.Cl. The minimum Gasteiger partial charge on any atom is -0.465 e. The van der Waals surface area contributed by atoms with Crippen molar-refractivity contribution in [3.8, 4) is 0 Å². The summed E-state index contributed by atoms with van der Waals surface area (Å²) in [4.78, 5) is 11.5. The summed E-state index contributed by atoms with van der Waals surface area (Å²) >= 11 is 0. The molecule has 96 valence electrons. The molecule has 2 N–H and O–H groups in total. The Labute approximate surface area is 112 Å². The van der Waals surface area contributed by atoms with E-state index in [1.165, 1.54) is 0 Å². The lowest BCUT2D eigenvalue weighted by molar-refractivity contribution is -0.144. The largest absolute Gasteiger partial charge is 0.465 e. The standard InChI is InChI=1S/C14H15NO2.ClH/c1-2-17-14(16)13(15)12-8-7-10-5-3-4-6-11(10)9-12;/h3-9,13H,2,15H2,1H3;1H. The van der Waals surface area contributed by atoms with Crippen LogP contribution in [0.5, 0.6) is 0 Å². The second-order valence-electron chi connectivity index (χ2n) is 3.84. The first-order chi connectivity index (χ1) is 8.22. The van der Waals surface area contributed by atoms with Crippen molar-refractivity contribution >= 4 is 29.1 Å². The molecule has 0 bridgehead atoms. The average molecular weight is 266 g/mol. The number of carbonyl (C=O) groups is 1. The van der Waals surface area contributed by atoms with Gasteiger partial charge in [-0.15, -0.1) is 12.4 Å². The molecule has 1 atom stereocenters. The Morgan fingerprint density at radius 1 is 1.22 bits per heavy atom. The van der Waals surface area contributed by atoms with Gasteiger partial charge in [0.25, 0.3) is 0 Å². The van der Waals surface area contributed by atoms with Crippen molar-refractivity contribution in [2.75, 3.05) is 6.61 Å². The molecule has 2 aromatic carbocycles. The Kier molecular flexibility index (Phi) is 5.13. The molecule has 0 aliphatic carbocycles. The summed E-state index contributed by atoms with van der Waals surface area (Å²) in [6, 6.07) is 13.0. The van der Waals surface area contributed by atoms with Crippen LogP contribution in [0.3, 0.4) is 0 Å². The molecule has 0 spiro atoms. The average Bonchev–Trinajstić information content (AvgIpc) is 2.37. The summed E-state index contributed by atoms with van der Waals surface area (Å²) in [6.45, 7) is 2.12. The molecule has 0 amide bonds. The fourth-order valence-electron chi connectivity index (χ4n) is 1.77. The lowest BCUT2D eigenvalue weighted by Gasteiger charge is -2.11. The van der Waals surface area contributed by atoms with Crippen molar-refractivity contribution in [3.05, 3.63) is 48.0 Å². The number of esters is 1. The zero-order valence-electron chi connectivity index (χ0n) is 10.1. The van der Waals surface area contributed by atoms with Gasteiger partial charge in [-0.05, 0) is 29.3 Å². The molecule has 2 rings (SSSR count). The number of nitrogens with two attached hydrogens (primary N) is 1. The van der Waals surface area contributed by atoms with E-state index in [1.54, 1.807) is 6.92 Å². The van der Waals surface area contributed by atoms with Gasteiger partial charge in [-0.3, -0.25) is 0 Å². The molecule has 4 heteroatoms. The first kappa shape index (κ1) is 14.5. The number of fused-ring (bicyclic) bond motifs is 1. The van der Waals surface area contributed by atoms with Crippen LogP contribution >= 0.6 is 12.4 Å². The quantitative estimate of drug-likeness (QED) is 0.869. The van der Waals surface area contributed by atoms with E-state index in [1.807, 2.05) is 42.5 Å². The normalized spacial score (nSPS) is 11.7. The molecule has 18 heavy (non-hydrogen) atoms. The number of carbonyl (C=O) groups excluding carboxylic acids is 1. The Hall–Kier alpha value is -1.58. The molecule has 0 fully saturated rings. The summed E-state index contributed by atoms with van der Waals surface area (Å²) in [7, 11) is 0. The van der Waals surface area contributed by atoms with Crippen LogP contribution in [0.15, 0.2) is 42.5 Å². The van der Waals surface area contributed by atoms with Crippen LogP contribution in [0.25, 0.3) is 10.8 Å². The van der Waals surface area contributed by atoms with E-state index in [0.29, 0.717) is 6.61 Å². The number of ether oxygens (including phenoxy) is 1. The van der Waals surface area contributed by atoms with Gasteiger partial charge in [0.1, 0.15) is 6.04 Å². The van der Waals surface area contributed by atoms with Gasteiger partial charge in [0.05, 0.1) is 6.61 Å². The van der Waals surface area contributed by atoms with Gasteiger partial charge in [-0.25, -0.2) is 4.79 Å². The molecule has 0 saturated heterocycles. The van der Waals surface area contributed by atoms with Gasteiger partial charge >= 0.3 is 5.97 Å². The zero-order chi connectivity index (χ0) is 12.3. The summed E-state index contributed by atoms with van der Waals surface area (Å²) < 4.78 is 4.91. The maximum atomic E-state index is 11.5. The maximum absolute atomic E-state index is 11.5. The first-order valence-electron chi connectivity index (χ1n) is 5.63. The number of hydrogen-bond acceptors (Lipinski definition) is 3. The lowest BCUT2D eigenvalue weighted by Crippen LogP contribution is -2.23. The monoisotopic (exact) mass is 265 g/mol. The Morgan fingerprint density at radius 3 is 2.56 bits per heavy atom. The van der Waals surface area contributed by atoms with Crippen molar-refractivity contribution in [2.24, 2.45) is 5.73 Å². The molecule has 3 nitrogen and oxygen atoms in total. The number of halogens is 1. The number of rotatable bonds is 3. The van der Waals surface area contributed by atoms with Gasteiger partial charge < -0.3 is 10.5 Å². The third kappa shape index (κ3) is 3.00. The summed E-state index contributed by atoms with van der Waals surface area (Å²) in [5, 5.41) is 2.21. The molecule has 0 aliphatic heterocycles. The van der Waals surface area contributed by atoms with Crippen molar-refractivity contribution in [1.29, 1.82) is 0 Å². The van der Waals surface area contributed by atoms with Gasteiger partial charge in [0.2, 0.25) is 0 Å². The second kappa shape index (κ2) is 6.38. The Balaban J connectivity index is 0.00000162. The van der Waals surface area contributed by atoms with Crippen LogP contribution in [-0.4, -0.2) is 12.6 Å². The maximum Gasteiger partial charge on any atom is 0.327 e. The highest BCUT2D eigenvalue weighted by Gasteiger charge is 2.16. The van der Waals surface area contributed by atoms with E-state index in [2.05, 4.69) is 0 Å². The molecule has 0 aromatic heterocycles. The predicted molar refractivity (Wildman–Crippen MR) is 74.8 cm³/mol. The molecule has 0 saturated carbocycles. The Bertz CT molecular complexity index is 542. The van der Waals surface area contributed by atoms with Gasteiger partial charge in [-0.2, -0.15) is 0 Å². The fraction of sp³-hybridized carbons (Fsp3) is 0.214. The zero-order valence-corrected chi connectivity index (χ0v) is 10.9. The van der Waals surface area contributed by atoms with E-state index in [0.717, 1.165) is 16.3 Å². The van der Waals surface area contributed by atoms with Gasteiger partial charge in [0, 0.05) is 0 Å². The number of benzene rings is 2. The van der Waals surface area contributed by atoms with E-state index in [-0.39, 0.29) is 18.4 Å². The molecule has 2 aromatic rings. The third-order valence-corrected chi connectivity index (χ3v) is 2.67. The van der Waals surface area contributed by atoms with E-state index >= 15 is 0 Å². The molecule has 0 radical (unpaired) electrons. The van der Waals surface area contributed by atoms with Crippen molar-refractivity contribution in [2.45, 2.75) is 13.0 Å². The van der Waals surface area contributed by atoms with Gasteiger partial charge in [0.15, 0.2) is 0 Å². The highest BCUT2D eigenvalue weighted by Crippen LogP contribution is 2.19. The molecular formula is C14H16ClNO2. The topological polar surface area (TPSA) is 52.3 Å². The third-order valence-electron chi connectivity index (χ3n) is 2.67. The smallest absolute Gasteiger partial charge is 0.327 e. The van der Waals surface area contributed by atoms with Crippen LogP contribution in [0.4, 0.5) is 0 Å². The molecule has 0 heterocycles. The highest BCUT2D eigenvalue weighted by atomic mass is 35.5. The Morgan fingerprint density at radius 2 is 1.89 bits per heavy atom. The van der Waals surface area contributed by atoms with Crippen LogP contribution in [0.1, 0.15) is 18.5 Å². The van der Waals surface area contributed by atoms with E-state index in [4.69, 9.17) is 10.5 Å². The van der Waals surface area contributed by atoms with E-state index in [9.17, 15) is 4.79 Å². The van der Waals surface area contributed by atoms with Crippen LogP contribution in [0, 0.1) is 0 Å². The summed E-state index contributed by atoms with van der Waals surface area (Å²) in [5.74, 6) is -0.386. The van der Waals surface area contributed by atoms with E-state index < -0.39 is 6.04 Å². The summed E-state index contributed by atoms with van der Waals surface area (Å²) in [6.07, 6.45) is 0. The molecule has 1 unspecified atom stereocenters. The van der Waals surface area contributed by atoms with Crippen LogP contribution < -0.4 is 5.73 Å². The minimum absolute atomic E-state index is 0. The summed E-state index contributed by atoms with van der Waals surface area (Å²) in [5.41, 5.74) is 6.62. The van der Waals surface area contributed by atoms with Crippen LogP contribution in [0.2, 0.25) is 0 Å². The fourth-order valence-corrected chi connectivity index (χ4v) is 1.77. The highest BCUT2D eigenvalue weighted by molar-refractivity contribution is 5.86. The van der Waals surface area contributed by atoms with Gasteiger partial charge in [-0.1, -0.05) is 36.4 Å². The van der Waals surface area contributed by atoms with Crippen LogP contribution in [-0.2, 0) is 9.53 Å². The molecule has 0 aliphatic rings. The van der Waals surface area contributed by atoms with Crippen molar-refractivity contribution in [1.82, 2.24) is 0 Å². The minimum atomic E-state index is -0.709. The lowest BCUT2D eigenvalue weighted by atomic mass is 10.0. The first-order valence-corrected chi connectivity index (χ1v) is 5.63. The number of hydrogen-bond donors (Lipinski definition) is 1. The van der Waals surface area contributed by atoms with Crippen molar-refractivity contribution in [3.63, 3.8) is 0 Å². The predicted octanol–water partition coefficient (Wildman–Crippen LogP) is 2.82. The van der Waals surface area contributed by atoms with Crippen molar-refractivity contribution < 1.29 is 9.53 Å². The molecular weight excluding hydrogens is 250 g/mol.